The molecule has 0 saturated carbocycles. The molecule has 8 nitrogen and oxygen atoms in total. The van der Waals surface area contributed by atoms with Crippen LogP contribution in [0.4, 0.5) is 10.5 Å². The Hall–Kier alpha value is -3.78. The van der Waals surface area contributed by atoms with Crippen LogP contribution in [0.2, 0.25) is 5.02 Å². The van der Waals surface area contributed by atoms with Crippen molar-refractivity contribution in [2.45, 2.75) is 13.1 Å². The fraction of sp³-hybridized carbons (Fsp3) is 0.0952. The summed E-state index contributed by atoms with van der Waals surface area (Å²) in [6.07, 6.45) is 5.02. The molecule has 0 bridgehead atoms. The van der Waals surface area contributed by atoms with Crippen molar-refractivity contribution in [2.24, 2.45) is 0 Å². The lowest BCUT2D eigenvalue weighted by molar-refractivity contribution is 0.0996. The molecule has 1 aromatic carbocycles. The second-order valence-electron chi connectivity index (χ2n) is 6.51. The third-order valence-electron chi connectivity index (χ3n) is 4.30. The Balaban J connectivity index is 1.24. The third-order valence-corrected chi connectivity index (χ3v) is 4.53. The summed E-state index contributed by atoms with van der Waals surface area (Å²) in [4.78, 5) is 28.4. The standard InChI is InChI=1S/C21H18ClN5O3/c22-15-5-8-19-25-17(13-27(19)12-15)11-24-21(29)23-10-14-3-6-16(7-4-14)26-20(28)18-2-1-9-30-18/h1-9,12-13H,10-11H2,(H,26,28)(H2,23,24,29). The number of aromatic nitrogens is 2. The molecule has 3 aromatic heterocycles. The fourth-order valence-corrected chi connectivity index (χ4v) is 2.99. The van der Waals surface area contributed by atoms with Gasteiger partial charge in [-0.15, -0.1) is 0 Å². The number of pyridine rings is 1. The van der Waals surface area contributed by atoms with Crippen molar-refractivity contribution in [1.29, 1.82) is 0 Å². The lowest BCUT2D eigenvalue weighted by Gasteiger charge is -2.08. The highest BCUT2D eigenvalue weighted by Crippen LogP contribution is 2.13. The molecular formula is C21H18ClN5O3. The smallest absolute Gasteiger partial charge is 0.315 e. The van der Waals surface area contributed by atoms with Gasteiger partial charge in [0.1, 0.15) is 5.65 Å². The predicted molar refractivity (Wildman–Crippen MR) is 112 cm³/mol. The number of fused-ring (bicyclic) bond motifs is 1. The minimum atomic E-state index is -0.320. The number of anilines is 1. The molecule has 0 fully saturated rings. The number of hydrogen-bond donors (Lipinski definition) is 3. The highest BCUT2D eigenvalue weighted by atomic mass is 35.5. The van der Waals surface area contributed by atoms with Crippen LogP contribution in [0.3, 0.4) is 0 Å². The molecule has 30 heavy (non-hydrogen) atoms. The van der Waals surface area contributed by atoms with Gasteiger partial charge in [0.2, 0.25) is 0 Å². The monoisotopic (exact) mass is 423 g/mol. The maximum Gasteiger partial charge on any atom is 0.315 e. The van der Waals surface area contributed by atoms with Crippen molar-refractivity contribution >= 4 is 34.9 Å². The molecule has 152 valence electrons. The number of furan rings is 1. The number of benzene rings is 1. The first kappa shape index (κ1) is 19.5. The van der Waals surface area contributed by atoms with Gasteiger partial charge in [-0.3, -0.25) is 4.79 Å². The van der Waals surface area contributed by atoms with Gasteiger partial charge in [0, 0.05) is 24.6 Å². The van der Waals surface area contributed by atoms with Crippen LogP contribution in [0.15, 0.2) is 71.6 Å². The number of halogens is 1. The number of carbonyl (C=O) groups excluding carboxylic acids is 2. The number of nitrogens with zero attached hydrogens (tertiary/aromatic N) is 2. The zero-order chi connectivity index (χ0) is 20.9. The quantitative estimate of drug-likeness (QED) is 0.438. The summed E-state index contributed by atoms with van der Waals surface area (Å²) in [6.45, 7) is 0.641. The molecule has 0 spiro atoms. The number of amides is 3. The second-order valence-corrected chi connectivity index (χ2v) is 6.95. The fourth-order valence-electron chi connectivity index (χ4n) is 2.82. The van der Waals surface area contributed by atoms with E-state index in [0.29, 0.717) is 23.8 Å². The number of nitrogens with one attached hydrogen (secondary N) is 3. The maximum absolute atomic E-state index is 12.1. The average molecular weight is 424 g/mol. The van der Waals surface area contributed by atoms with E-state index in [4.69, 9.17) is 16.0 Å². The average Bonchev–Trinajstić information content (AvgIpc) is 3.41. The number of urea groups is 1. The van der Waals surface area contributed by atoms with Crippen molar-refractivity contribution < 1.29 is 14.0 Å². The normalized spacial score (nSPS) is 10.7. The topological polar surface area (TPSA) is 101 Å². The molecule has 0 aliphatic carbocycles. The van der Waals surface area contributed by atoms with Crippen molar-refractivity contribution in [3.05, 3.63) is 89.2 Å². The van der Waals surface area contributed by atoms with Gasteiger partial charge in [0.15, 0.2) is 5.76 Å². The van der Waals surface area contributed by atoms with Gasteiger partial charge in [-0.2, -0.15) is 0 Å². The van der Waals surface area contributed by atoms with Crippen LogP contribution in [-0.2, 0) is 13.1 Å². The van der Waals surface area contributed by atoms with E-state index in [1.807, 2.05) is 28.8 Å². The van der Waals surface area contributed by atoms with Gasteiger partial charge >= 0.3 is 6.03 Å². The van der Waals surface area contributed by atoms with E-state index in [1.165, 1.54) is 6.26 Å². The Morgan fingerprint density at radius 2 is 1.80 bits per heavy atom. The van der Waals surface area contributed by atoms with E-state index in [0.717, 1.165) is 16.9 Å². The van der Waals surface area contributed by atoms with Gasteiger partial charge in [-0.25, -0.2) is 9.78 Å². The number of carbonyl (C=O) groups is 2. The first-order chi connectivity index (χ1) is 14.6. The number of imidazole rings is 1. The molecule has 9 heteroatoms. The van der Waals surface area contributed by atoms with Gasteiger partial charge in [0.25, 0.3) is 5.91 Å². The Bertz CT molecular complexity index is 1170. The summed E-state index contributed by atoms with van der Waals surface area (Å²) in [5.74, 6) is -0.0782. The zero-order valence-corrected chi connectivity index (χ0v) is 16.5. The zero-order valence-electron chi connectivity index (χ0n) is 15.8. The molecule has 0 aliphatic rings. The molecule has 0 unspecified atom stereocenters. The van der Waals surface area contributed by atoms with E-state index >= 15 is 0 Å². The largest absolute Gasteiger partial charge is 0.459 e. The van der Waals surface area contributed by atoms with Crippen LogP contribution in [-0.4, -0.2) is 21.3 Å². The molecule has 3 amide bonds. The van der Waals surface area contributed by atoms with Crippen LogP contribution >= 0.6 is 11.6 Å². The van der Waals surface area contributed by atoms with Crippen LogP contribution in [0.5, 0.6) is 0 Å². The number of hydrogen-bond acceptors (Lipinski definition) is 4. The minimum Gasteiger partial charge on any atom is -0.459 e. The summed E-state index contributed by atoms with van der Waals surface area (Å²) in [7, 11) is 0. The highest BCUT2D eigenvalue weighted by Gasteiger charge is 2.09. The van der Waals surface area contributed by atoms with E-state index in [9.17, 15) is 9.59 Å². The minimum absolute atomic E-state index is 0.242. The summed E-state index contributed by atoms with van der Waals surface area (Å²) >= 11 is 5.96. The van der Waals surface area contributed by atoms with Crippen LogP contribution in [0.1, 0.15) is 21.8 Å². The van der Waals surface area contributed by atoms with Gasteiger partial charge < -0.3 is 24.8 Å². The van der Waals surface area contributed by atoms with Crippen LogP contribution in [0.25, 0.3) is 5.65 Å². The Morgan fingerprint density at radius 1 is 1.00 bits per heavy atom. The molecule has 4 aromatic rings. The second kappa shape index (κ2) is 8.71. The van der Waals surface area contributed by atoms with E-state index < -0.39 is 0 Å². The Morgan fingerprint density at radius 3 is 2.57 bits per heavy atom. The van der Waals surface area contributed by atoms with Gasteiger partial charge in [-0.1, -0.05) is 23.7 Å². The summed E-state index contributed by atoms with van der Waals surface area (Å²) in [6, 6.07) is 13.7. The Kier molecular flexibility index (Phi) is 5.67. The molecule has 0 aliphatic heterocycles. The maximum atomic E-state index is 12.1. The first-order valence-electron chi connectivity index (χ1n) is 9.15. The molecule has 0 radical (unpaired) electrons. The molecular weight excluding hydrogens is 406 g/mol. The summed E-state index contributed by atoms with van der Waals surface area (Å²) < 4.78 is 6.86. The van der Waals surface area contributed by atoms with Crippen LogP contribution in [0, 0.1) is 0 Å². The van der Waals surface area contributed by atoms with Crippen molar-refractivity contribution in [3.63, 3.8) is 0 Å². The first-order valence-corrected chi connectivity index (χ1v) is 9.53. The molecule has 3 N–H and O–H groups in total. The summed E-state index contributed by atoms with van der Waals surface area (Å²) in [5, 5.41) is 8.91. The highest BCUT2D eigenvalue weighted by molar-refractivity contribution is 6.30. The molecule has 0 saturated heterocycles. The molecule has 3 heterocycles. The SMILES string of the molecule is O=C(NCc1ccc(NC(=O)c2ccco2)cc1)NCc1cn2cc(Cl)ccc2n1. The van der Waals surface area contributed by atoms with E-state index in [2.05, 4.69) is 20.9 Å². The Labute approximate surface area is 176 Å². The summed E-state index contributed by atoms with van der Waals surface area (Å²) in [5.41, 5.74) is 3.01. The molecule has 4 rings (SSSR count). The predicted octanol–water partition coefficient (Wildman–Crippen LogP) is 3.83. The van der Waals surface area contributed by atoms with Crippen molar-refractivity contribution in [2.75, 3.05) is 5.32 Å². The lowest BCUT2D eigenvalue weighted by atomic mass is 10.2. The van der Waals surface area contributed by atoms with Gasteiger partial charge in [0.05, 0.1) is 23.5 Å². The van der Waals surface area contributed by atoms with Gasteiger partial charge in [-0.05, 0) is 42.0 Å². The van der Waals surface area contributed by atoms with Crippen LogP contribution < -0.4 is 16.0 Å². The lowest BCUT2D eigenvalue weighted by Crippen LogP contribution is -2.34. The van der Waals surface area contributed by atoms with E-state index in [-0.39, 0.29) is 17.7 Å². The van der Waals surface area contributed by atoms with Crippen molar-refractivity contribution in [1.82, 2.24) is 20.0 Å². The molecule has 0 atom stereocenters. The van der Waals surface area contributed by atoms with E-state index in [1.54, 1.807) is 36.5 Å². The third kappa shape index (κ3) is 4.79. The number of rotatable bonds is 6. The van der Waals surface area contributed by atoms with Crippen molar-refractivity contribution in [3.8, 4) is 0 Å².